The van der Waals surface area contributed by atoms with Gasteiger partial charge >= 0.3 is 6.03 Å². The predicted molar refractivity (Wildman–Crippen MR) is 85.2 cm³/mol. The first-order valence-electron chi connectivity index (χ1n) is 7.53. The number of nitrogens with one attached hydrogen (secondary N) is 1. The second kappa shape index (κ2) is 6.62. The lowest BCUT2D eigenvalue weighted by Crippen LogP contribution is -2.60. The summed E-state index contributed by atoms with van der Waals surface area (Å²) in [5, 5.41) is 12.5. The van der Waals surface area contributed by atoms with Gasteiger partial charge in [-0.2, -0.15) is 0 Å². The van der Waals surface area contributed by atoms with Crippen molar-refractivity contribution in [2.75, 3.05) is 0 Å². The number of aliphatic hydroxyl groups is 1. The van der Waals surface area contributed by atoms with Crippen LogP contribution in [0.2, 0.25) is 0 Å². The largest absolute Gasteiger partial charge is 0.373 e. The van der Waals surface area contributed by atoms with Gasteiger partial charge in [-0.15, -0.1) is 0 Å². The van der Waals surface area contributed by atoms with E-state index < -0.39 is 18.2 Å². The highest BCUT2D eigenvalue weighted by atomic mass is 16.3. The summed E-state index contributed by atoms with van der Waals surface area (Å²) in [6, 6.07) is 18.2. The second-order valence-electron chi connectivity index (χ2n) is 5.60. The van der Waals surface area contributed by atoms with Gasteiger partial charge in [0.15, 0.2) is 0 Å². The average molecular weight is 310 g/mol. The van der Waals surface area contributed by atoms with Gasteiger partial charge in [-0.3, -0.25) is 9.69 Å². The Kier molecular flexibility index (Phi) is 4.39. The molecule has 5 heteroatoms. The number of imide groups is 1. The van der Waals surface area contributed by atoms with E-state index in [9.17, 15) is 14.7 Å². The lowest BCUT2D eigenvalue weighted by molar-refractivity contribution is -0.140. The fraction of sp³-hybridized carbons (Fsp3) is 0.222. The highest BCUT2D eigenvalue weighted by Crippen LogP contribution is 2.20. The van der Waals surface area contributed by atoms with Crippen LogP contribution in [-0.4, -0.2) is 28.2 Å². The van der Waals surface area contributed by atoms with E-state index in [1.165, 1.54) is 0 Å². The molecule has 2 aromatic rings. The molecule has 1 fully saturated rings. The fourth-order valence-corrected chi connectivity index (χ4v) is 2.72. The molecule has 3 rings (SSSR count). The molecule has 1 heterocycles. The summed E-state index contributed by atoms with van der Waals surface area (Å²) in [6.07, 6.45) is -0.783. The molecule has 5 nitrogen and oxygen atoms in total. The summed E-state index contributed by atoms with van der Waals surface area (Å²) in [6.45, 7) is 0.198. The lowest BCUT2D eigenvalue weighted by atomic mass is 9.94. The van der Waals surface area contributed by atoms with Gasteiger partial charge in [0.05, 0.1) is 12.5 Å². The molecule has 2 aromatic carbocycles. The van der Waals surface area contributed by atoms with Crippen molar-refractivity contribution in [3.05, 3.63) is 71.8 Å². The molecule has 23 heavy (non-hydrogen) atoms. The van der Waals surface area contributed by atoms with Crippen LogP contribution in [-0.2, 0) is 17.8 Å². The van der Waals surface area contributed by atoms with Crippen LogP contribution in [0.1, 0.15) is 11.1 Å². The average Bonchev–Trinajstić information content (AvgIpc) is 2.57. The number of benzene rings is 2. The topological polar surface area (TPSA) is 69.6 Å². The third-order valence-corrected chi connectivity index (χ3v) is 3.96. The molecule has 2 unspecified atom stereocenters. The third kappa shape index (κ3) is 3.40. The predicted octanol–water partition coefficient (Wildman–Crippen LogP) is 1.92. The monoisotopic (exact) mass is 310 g/mol. The lowest BCUT2D eigenvalue weighted by Gasteiger charge is -2.35. The molecule has 0 aliphatic carbocycles. The van der Waals surface area contributed by atoms with E-state index in [4.69, 9.17) is 0 Å². The molecule has 0 aromatic heterocycles. The van der Waals surface area contributed by atoms with Crippen LogP contribution in [0.3, 0.4) is 0 Å². The molecule has 0 saturated carbocycles. The summed E-state index contributed by atoms with van der Waals surface area (Å²) in [5.41, 5.74) is 1.81. The fourth-order valence-electron chi connectivity index (χ4n) is 2.72. The van der Waals surface area contributed by atoms with Gasteiger partial charge in [0, 0.05) is 0 Å². The van der Waals surface area contributed by atoms with Crippen molar-refractivity contribution in [3.63, 3.8) is 0 Å². The summed E-state index contributed by atoms with van der Waals surface area (Å²) < 4.78 is 0. The van der Waals surface area contributed by atoms with Crippen molar-refractivity contribution in [1.29, 1.82) is 0 Å². The van der Waals surface area contributed by atoms with Crippen LogP contribution in [0, 0.1) is 5.92 Å². The summed E-state index contributed by atoms with van der Waals surface area (Å²) in [7, 11) is 0. The number of aliphatic hydroxyl groups excluding tert-OH is 1. The van der Waals surface area contributed by atoms with Gasteiger partial charge in [-0.25, -0.2) is 4.79 Å². The molecule has 2 N–H and O–H groups in total. The molecule has 0 radical (unpaired) electrons. The second-order valence-corrected chi connectivity index (χ2v) is 5.60. The smallest absolute Gasteiger partial charge is 0.326 e. The number of hydrogen-bond acceptors (Lipinski definition) is 3. The van der Waals surface area contributed by atoms with E-state index >= 15 is 0 Å². The minimum absolute atomic E-state index is 0.198. The first-order valence-corrected chi connectivity index (χ1v) is 7.53. The van der Waals surface area contributed by atoms with E-state index in [-0.39, 0.29) is 12.5 Å². The SMILES string of the molecule is O=C1NC(O)C(Cc2ccccc2)C(=O)N1Cc1ccccc1. The standard InChI is InChI=1S/C18H18N2O3/c21-16-15(11-13-7-3-1-4-8-13)17(22)20(18(23)19-16)12-14-9-5-2-6-10-14/h1-10,15-16,21H,11-12H2,(H,19,23). The Morgan fingerprint density at radius 2 is 1.48 bits per heavy atom. The highest BCUT2D eigenvalue weighted by molar-refractivity contribution is 5.98. The maximum Gasteiger partial charge on any atom is 0.326 e. The van der Waals surface area contributed by atoms with Crippen molar-refractivity contribution < 1.29 is 14.7 Å². The maximum atomic E-state index is 12.7. The van der Waals surface area contributed by atoms with Gasteiger partial charge in [-0.05, 0) is 17.5 Å². The van der Waals surface area contributed by atoms with Crippen molar-refractivity contribution in [3.8, 4) is 0 Å². The van der Waals surface area contributed by atoms with Gasteiger partial charge < -0.3 is 10.4 Å². The number of amides is 3. The van der Waals surface area contributed by atoms with Crippen LogP contribution in [0.25, 0.3) is 0 Å². The Bertz CT molecular complexity index is 688. The molecule has 3 amide bonds. The molecule has 118 valence electrons. The van der Waals surface area contributed by atoms with Crippen LogP contribution in [0.15, 0.2) is 60.7 Å². The normalized spacial score (nSPS) is 21.2. The summed E-state index contributed by atoms with van der Waals surface area (Å²) in [4.78, 5) is 25.9. The van der Waals surface area contributed by atoms with Crippen molar-refractivity contribution in [2.45, 2.75) is 19.2 Å². The molecular formula is C18H18N2O3. The minimum Gasteiger partial charge on any atom is -0.373 e. The van der Waals surface area contributed by atoms with E-state index in [1.54, 1.807) is 0 Å². The molecule has 1 saturated heterocycles. The Balaban J connectivity index is 1.78. The number of carbonyl (C=O) groups excluding carboxylic acids is 2. The Morgan fingerprint density at radius 1 is 0.913 bits per heavy atom. The molecular weight excluding hydrogens is 292 g/mol. The van der Waals surface area contributed by atoms with Crippen LogP contribution in [0.4, 0.5) is 4.79 Å². The summed E-state index contributed by atoms with van der Waals surface area (Å²) >= 11 is 0. The van der Waals surface area contributed by atoms with Crippen LogP contribution in [0.5, 0.6) is 0 Å². The number of urea groups is 1. The molecule has 2 atom stereocenters. The number of nitrogens with zero attached hydrogens (tertiary/aromatic N) is 1. The third-order valence-electron chi connectivity index (χ3n) is 3.96. The van der Waals surface area contributed by atoms with E-state index in [0.717, 1.165) is 16.0 Å². The van der Waals surface area contributed by atoms with Crippen molar-refractivity contribution >= 4 is 11.9 Å². The molecule has 1 aliphatic rings. The van der Waals surface area contributed by atoms with Crippen molar-refractivity contribution in [2.24, 2.45) is 5.92 Å². The maximum absolute atomic E-state index is 12.7. The molecule has 1 aliphatic heterocycles. The Labute approximate surface area is 134 Å². The first-order chi connectivity index (χ1) is 11.1. The summed E-state index contributed by atoms with van der Waals surface area (Å²) in [5.74, 6) is -1.03. The van der Waals surface area contributed by atoms with Crippen LogP contribution < -0.4 is 5.32 Å². The minimum atomic E-state index is -1.16. The Hall–Kier alpha value is -2.66. The zero-order chi connectivity index (χ0) is 16.2. The van der Waals surface area contributed by atoms with Crippen molar-refractivity contribution in [1.82, 2.24) is 10.2 Å². The first kappa shape index (κ1) is 15.2. The zero-order valence-electron chi connectivity index (χ0n) is 12.6. The number of hydrogen-bond donors (Lipinski definition) is 2. The van der Waals surface area contributed by atoms with Crippen LogP contribution >= 0.6 is 0 Å². The number of carbonyl (C=O) groups is 2. The number of rotatable bonds is 4. The van der Waals surface area contributed by atoms with E-state index in [0.29, 0.717) is 6.42 Å². The molecule has 0 spiro atoms. The van der Waals surface area contributed by atoms with Gasteiger partial charge in [-0.1, -0.05) is 60.7 Å². The molecule has 0 bridgehead atoms. The Morgan fingerprint density at radius 3 is 2.09 bits per heavy atom. The quantitative estimate of drug-likeness (QED) is 0.906. The van der Waals surface area contributed by atoms with Gasteiger partial charge in [0.25, 0.3) is 0 Å². The highest BCUT2D eigenvalue weighted by Gasteiger charge is 2.40. The van der Waals surface area contributed by atoms with Gasteiger partial charge in [0.1, 0.15) is 6.23 Å². The van der Waals surface area contributed by atoms with Gasteiger partial charge in [0.2, 0.25) is 5.91 Å². The van der Waals surface area contributed by atoms with E-state index in [2.05, 4.69) is 5.32 Å². The zero-order valence-corrected chi connectivity index (χ0v) is 12.6. The van der Waals surface area contributed by atoms with E-state index in [1.807, 2.05) is 60.7 Å².